The van der Waals surface area contributed by atoms with Gasteiger partial charge < -0.3 is 10.2 Å². The molecule has 2 heteroatoms. The summed E-state index contributed by atoms with van der Waals surface area (Å²) in [5, 5.41) is 0. The predicted molar refractivity (Wildman–Crippen MR) is 50.0 cm³/mol. The van der Waals surface area contributed by atoms with Crippen LogP contribution in [0.4, 0.5) is 0 Å². The summed E-state index contributed by atoms with van der Waals surface area (Å²) in [6.45, 7) is 6.35. The molecule has 68 valence electrons. The summed E-state index contributed by atoms with van der Waals surface area (Å²) in [7, 11) is 0. The van der Waals surface area contributed by atoms with E-state index < -0.39 is 0 Å². The number of hydrogen-bond acceptors (Lipinski definition) is 2. The third-order valence-electron chi connectivity index (χ3n) is 2.11. The van der Waals surface area contributed by atoms with Crippen molar-refractivity contribution in [3.05, 3.63) is 23.7 Å². The number of nitrogens with two attached hydrogens (primary N) is 1. The van der Waals surface area contributed by atoms with E-state index >= 15 is 0 Å². The largest absolute Gasteiger partial charge is 0.467 e. The molecule has 0 saturated carbocycles. The molecule has 2 nitrogen and oxygen atoms in total. The van der Waals surface area contributed by atoms with Gasteiger partial charge in [0, 0.05) is 0 Å². The topological polar surface area (TPSA) is 39.2 Å². The van der Waals surface area contributed by atoms with Crippen LogP contribution in [0.15, 0.2) is 16.7 Å². The fraction of sp³-hybridized carbons (Fsp3) is 0.600. The van der Waals surface area contributed by atoms with Crippen LogP contribution in [0.5, 0.6) is 0 Å². The van der Waals surface area contributed by atoms with Crippen LogP contribution in [-0.2, 0) is 0 Å². The van der Waals surface area contributed by atoms with Crippen molar-refractivity contribution in [1.82, 2.24) is 0 Å². The molecule has 1 atom stereocenters. The van der Waals surface area contributed by atoms with Gasteiger partial charge in [-0.05, 0) is 24.0 Å². The number of hydrogen-bond donors (Lipinski definition) is 1. The van der Waals surface area contributed by atoms with Gasteiger partial charge in [0.25, 0.3) is 0 Å². The van der Waals surface area contributed by atoms with E-state index in [1.165, 1.54) is 5.56 Å². The molecule has 0 amide bonds. The van der Waals surface area contributed by atoms with Crippen LogP contribution in [0.2, 0.25) is 0 Å². The lowest BCUT2D eigenvalue weighted by atomic mass is 10.1. The van der Waals surface area contributed by atoms with Crippen molar-refractivity contribution in [3.8, 4) is 0 Å². The molecule has 0 aromatic carbocycles. The van der Waals surface area contributed by atoms with Gasteiger partial charge in [0.15, 0.2) is 0 Å². The third kappa shape index (κ3) is 1.89. The summed E-state index contributed by atoms with van der Waals surface area (Å²) < 4.78 is 5.35. The van der Waals surface area contributed by atoms with Gasteiger partial charge in [-0.2, -0.15) is 0 Å². The highest BCUT2D eigenvalue weighted by molar-refractivity contribution is 5.18. The molecule has 0 fully saturated rings. The van der Waals surface area contributed by atoms with Crippen LogP contribution in [0.25, 0.3) is 0 Å². The van der Waals surface area contributed by atoms with Crippen molar-refractivity contribution in [1.29, 1.82) is 0 Å². The Labute approximate surface area is 73.8 Å². The summed E-state index contributed by atoms with van der Waals surface area (Å²) in [6.07, 6.45) is 2.72. The Morgan fingerprint density at radius 2 is 2.17 bits per heavy atom. The van der Waals surface area contributed by atoms with E-state index in [4.69, 9.17) is 10.2 Å². The highest BCUT2D eigenvalue weighted by Gasteiger charge is 2.10. The highest BCUT2D eigenvalue weighted by Crippen LogP contribution is 2.22. The van der Waals surface area contributed by atoms with Crippen molar-refractivity contribution in [3.63, 3.8) is 0 Å². The SMILES string of the molecule is CCC(N)c1cc(C(C)C)co1. The molecular formula is C10H17NO. The van der Waals surface area contributed by atoms with Gasteiger partial charge in [-0.15, -0.1) is 0 Å². The van der Waals surface area contributed by atoms with Gasteiger partial charge in [-0.25, -0.2) is 0 Å². The van der Waals surface area contributed by atoms with Gasteiger partial charge in [-0.3, -0.25) is 0 Å². The maximum Gasteiger partial charge on any atom is 0.120 e. The fourth-order valence-electron chi connectivity index (χ4n) is 1.07. The first-order valence-corrected chi connectivity index (χ1v) is 4.49. The van der Waals surface area contributed by atoms with Crippen molar-refractivity contribution < 1.29 is 4.42 Å². The van der Waals surface area contributed by atoms with Crippen molar-refractivity contribution in [2.45, 2.75) is 39.2 Å². The number of furan rings is 1. The Balaban J connectivity index is 2.77. The quantitative estimate of drug-likeness (QED) is 0.751. The first-order chi connectivity index (χ1) is 5.65. The molecule has 1 aromatic rings. The zero-order valence-electron chi connectivity index (χ0n) is 8.00. The van der Waals surface area contributed by atoms with Crippen LogP contribution in [0.1, 0.15) is 50.5 Å². The molecule has 0 aliphatic carbocycles. The van der Waals surface area contributed by atoms with E-state index in [1.54, 1.807) is 6.26 Å². The zero-order valence-corrected chi connectivity index (χ0v) is 8.00. The van der Waals surface area contributed by atoms with Crippen LogP contribution in [0.3, 0.4) is 0 Å². The van der Waals surface area contributed by atoms with Crippen molar-refractivity contribution in [2.24, 2.45) is 5.73 Å². The minimum atomic E-state index is 0.0532. The van der Waals surface area contributed by atoms with Crippen LogP contribution < -0.4 is 5.73 Å². The molecule has 1 heterocycles. The standard InChI is InChI=1S/C10H17NO/c1-4-9(11)10-5-8(6-12-10)7(2)3/h5-7,9H,4,11H2,1-3H3. The summed E-state index contributed by atoms with van der Waals surface area (Å²) in [6, 6.07) is 2.11. The smallest absolute Gasteiger partial charge is 0.120 e. The molecule has 0 spiro atoms. The van der Waals surface area contributed by atoms with E-state index in [-0.39, 0.29) is 6.04 Å². The summed E-state index contributed by atoms with van der Waals surface area (Å²) in [5.74, 6) is 1.42. The van der Waals surface area contributed by atoms with Gasteiger partial charge in [0.05, 0.1) is 12.3 Å². The van der Waals surface area contributed by atoms with Gasteiger partial charge in [0.1, 0.15) is 5.76 Å². The molecule has 0 bridgehead atoms. The van der Waals surface area contributed by atoms with Crippen LogP contribution in [-0.4, -0.2) is 0 Å². The molecule has 0 saturated heterocycles. The number of rotatable bonds is 3. The fourth-order valence-corrected chi connectivity index (χ4v) is 1.07. The van der Waals surface area contributed by atoms with E-state index in [0.29, 0.717) is 5.92 Å². The third-order valence-corrected chi connectivity index (χ3v) is 2.11. The second-order valence-electron chi connectivity index (χ2n) is 3.45. The minimum Gasteiger partial charge on any atom is -0.467 e. The zero-order chi connectivity index (χ0) is 9.14. The normalized spacial score (nSPS) is 13.8. The van der Waals surface area contributed by atoms with E-state index in [0.717, 1.165) is 12.2 Å². The predicted octanol–water partition coefficient (Wildman–Crippen LogP) is 2.81. The molecule has 0 aliphatic heterocycles. The van der Waals surface area contributed by atoms with Crippen molar-refractivity contribution in [2.75, 3.05) is 0 Å². The molecule has 1 unspecified atom stereocenters. The Kier molecular flexibility index (Phi) is 2.93. The van der Waals surface area contributed by atoms with Gasteiger partial charge in [-0.1, -0.05) is 20.8 Å². The summed E-state index contributed by atoms with van der Waals surface area (Å²) in [4.78, 5) is 0. The Hall–Kier alpha value is -0.760. The summed E-state index contributed by atoms with van der Waals surface area (Å²) in [5.41, 5.74) is 7.04. The molecule has 12 heavy (non-hydrogen) atoms. The van der Waals surface area contributed by atoms with Crippen LogP contribution >= 0.6 is 0 Å². The minimum absolute atomic E-state index is 0.0532. The van der Waals surface area contributed by atoms with Crippen molar-refractivity contribution >= 4 is 0 Å². The van der Waals surface area contributed by atoms with Gasteiger partial charge >= 0.3 is 0 Å². The first-order valence-electron chi connectivity index (χ1n) is 4.49. The molecular weight excluding hydrogens is 150 g/mol. The maximum absolute atomic E-state index is 5.81. The van der Waals surface area contributed by atoms with E-state index in [2.05, 4.69) is 26.8 Å². The van der Waals surface area contributed by atoms with E-state index in [1.807, 2.05) is 0 Å². The molecule has 0 radical (unpaired) electrons. The lowest BCUT2D eigenvalue weighted by molar-refractivity contribution is 0.459. The molecule has 0 aliphatic rings. The Morgan fingerprint density at radius 3 is 2.58 bits per heavy atom. The summed E-state index contributed by atoms with van der Waals surface area (Å²) >= 11 is 0. The highest BCUT2D eigenvalue weighted by atomic mass is 16.3. The maximum atomic E-state index is 5.81. The Morgan fingerprint density at radius 1 is 1.50 bits per heavy atom. The molecule has 1 aromatic heterocycles. The molecule has 2 N–H and O–H groups in total. The average Bonchev–Trinajstić information content (AvgIpc) is 2.51. The lowest BCUT2D eigenvalue weighted by Gasteiger charge is -2.02. The molecule has 1 rings (SSSR count). The van der Waals surface area contributed by atoms with Crippen LogP contribution in [0, 0.1) is 0 Å². The average molecular weight is 167 g/mol. The Bertz CT molecular complexity index is 240. The second-order valence-corrected chi connectivity index (χ2v) is 3.45. The van der Waals surface area contributed by atoms with E-state index in [9.17, 15) is 0 Å². The van der Waals surface area contributed by atoms with Gasteiger partial charge in [0.2, 0.25) is 0 Å². The first kappa shape index (κ1) is 9.33. The second kappa shape index (κ2) is 3.76. The lowest BCUT2D eigenvalue weighted by Crippen LogP contribution is -2.06. The monoisotopic (exact) mass is 167 g/mol.